The lowest BCUT2D eigenvalue weighted by Crippen LogP contribution is -2.58. The normalized spacial score (nSPS) is 23.1. The van der Waals surface area contributed by atoms with Crippen LogP contribution in [0.1, 0.15) is 25.5 Å². The number of aliphatic carboxylic acids is 1. The molecular weight excluding hydrogens is 540 g/mol. The molecule has 14 heteroatoms. The van der Waals surface area contributed by atoms with Crippen LogP contribution in [0.5, 0.6) is 0 Å². The Balaban J connectivity index is 0.00000370. The zero-order chi connectivity index (χ0) is 28.1. The average molecular weight is 575 g/mol. The predicted molar refractivity (Wildman–Crippen MR) is 149 cm³/mol. The molecule has 216 valence electrons. The number of nitrogens with one attached hydrogen (secondary N) is 1. The molecule has 13 nitrogen and oxygen atoms in total. The number of hydrogen-bond acceptors (Lipinski definition) is 8. The first-order chi connectivity index (χ1) is 18.4. The highest BCUT2D eigenvalue weighted by atomic mass is 35.5. The molecule has 3 fully saturated rings. The molecule has 1 saturated carbocycles. The second-order valence-corrected chi connectivity index (χ2v) is 11.1. The predicted octanol–water partition coefficient (Wildman–Crippen LogP) is 0.0823. The number of hydrogen-bond donors (Lipinski definition) is 4. The van der Waals surface area contributed by atoms with Crippen molar-refractivity contribution in [2.45, 2.75) is 31.5 Å². The summed E-state index contributed by atoms with van der Waals surface area (Å²) in [6.07, 6.45) is 1.50. The third-order valence-electron chi connectivity index (χ3n) is 7.82. The van der Waals surface area contributed by atoms with Crippen LogP contribution in [-0.2, 0) is 9.59 Å². The van der Waals surface area contributed by atoms with E-state index in [2.05, 4.69) is 10.3 Å². The number of aromatic nitrogens is 2. The number of nitrogens with zero attached hydrogens (tertiary/aromatic N) is 5. The Morgan fingerprint density at radius 3 is 2.12 bits per heavy atom. The largest absolute Gasteiger partial charge is 0.480 e. The summed E-state index contributed by atoms with van der Waals surface area (Å²) in [6, 6.07) is 7.28. The Hall–Kier alpha value is -3.52. The molecule has 6 N–H and O–H groups in total. The smallest absolute Gasteiger partial charge is 0.354 e. The number of piperazine rings is 1. The highest BCUT2D eigenvalue weighted by Gasteiger charge is 2.55. The summed E-state index contributed by atoms with van der Waals surface area (Å²) in [5.74, 6) is -0.250. The van der Waals surface area contributed by atoms with Crippen molar-refractivity contribution < 1.29 is 19.5 Å². The van der Waals surface area contributed by atoms with Crippen molar-refractivity contribution in [2.75, 3.05) is 44.6 Å². The maximum Gasteiger partial charge on any atom is 0.354 e. The lowest BCUT2D eigenvalue weighted by atomic mass is 10.0. The van der Waals surface area contributed by atoms with Crippen LogP contribution in [0, 0.1) is 11.8 Å². The number of piperidine rings is 1. The third-order valence-corrected chi connectivity index (χ3v) is 7.82. The lowest BCUT2D eigenvalue weighted by Gasteiger charge is -2.37. The van der Waals surface area contributed by atoms with Gasteiger partial charge in [0.25, 0.3) is 0 Å². The van der Waals surface area contributed by atoms with E-state index in [0.29, 0.717) is 62.4 Å². The molecule has 1 aromatic carbocycles. The Morgan fingerprint density at radius 2 is 1.60 bits per heavy atom. The Kier molecular flexibility index (Phi) is 8.22. The first-order valence-corrected chi connectivity index (χ1v) is 13.0. The number of benzene rings is 1. The number of carboxylic acid groups (broad SMARTS) is 1. The van der Waals surface area contributed by atoms with Crippen molar-refractivity contribution in [3.8, 4) is 5.69 Å². The zero-order valence-corrected chi connectivity index (χ0v) is 23.2. The summed E-state index contributed by atoms with van der Waals surface area (Å²) < 4.78 is 1.32. The summed E-state index contributed by atoms with van der Waals surface area (Å²) >= 11 is 0. The summed E-state index contributed by atoms with van der Waals surface area (Å²) in [5.41, 5.74) is 11.5. The van der Waals surface area contributed by atoms with E-state index in [4.69, 9.17) is 11.5 Å². The number of nitrogens with two attached hydrogens (primary N) is 2. The van der Waals surface area contributed by atoms with Gasteiger partial charge in [0.05, 0.1) is 11.2 Å². The number of urea groups is 1. The molecular formula is C26H35ClN8O5. The van der Waals surface area contributed by atoms with Crippen LogP contribution >= 0.6 is 12.4 Å². The van der Waals surface area contributed by atoms with E-state index in [9.17, 15) is 24.3 Å². The maximum atomic E-state index is 12.7. The Labute approximate surface area is 237 Å². The van der Waals surface area contributed by atoms with Crippen molar-refractivity contribution in [3.63, 3.8) is 0 Å². The van der Waals surface area contributed by atoms with Gasteiger partial charge >= 0.3 is 17.7 Å². The van der Waals surface area contributed by atoms with Gasteiger partial charge in [-0.1, -0.05) is 12.1 Å². The van der Waals surface area contributed by atoms with Crippen molar-refractivity contribution in [2.24, 2.45) is 23.3 Å². The molecule has 1 aromatic heterocycles. The van der Waals surface area contributed by atoms with Crippen molar-refractivity contribution >= 4 is 36.1 Å². The minimum Gasteiger partial charge on any atom is -0.480 e. The van der Waals surface area contributed by atoms with Gasteiger partial charge in [-0.05, 0) is 49.4 Å². The van der Waals surface area contributed by atoms with Gasteiger partial charge in [0.15, 0.2) is 0 Å². The molecule has 2 aliphatic heterocycles. The molecule has 3 heterocycles. The molecule has 2 aromatic rings. The molecule has 2 saturated heterocycles. The van der Waals surface area contributed by atoms with E-state index in [1.807, 2.05) is 4.90 Å². The summed E-state index contributed by atoms with van der Waals surface area (Å²) in [5, 5.41) is 12.5. The van der Waals surface area contributed by atoms with Crippen LogP contribution < -0.4 is 22.5 Å². The van der Waals surface area contributed by atoms with E-state index in [1.165, 1.54) is 16.8 Å². The second kappa shape index (κ2) is 11.2. The molecule has 0 spiro atoms. The monoisotopic (exact) mass is 574 g/mol. The van der Waals surface area contributed by atoms with E-state index >= 15 is 0 Å². The van der Waals surface area contributed by atoms with E-state index in [0.717, 1.165) is 0 Å². The Bertz CT molecular complexity index is 1320. The van der Waals surface area contributed by atoms with Crippen LogP contribution in [-0.4, -0.2) is 98.1 Å². The van der Waals surface area contributed by atoms with Crippen molar-refractivity contribution in [3.05, 3.63) is 52.6 Å². The fourth-order valence-electron chi connectivity index (χ4n) is 5.52. The topological polar surface area (TPSA) is 180 Å². The fourth-order valence-corrected chi connectivity index (χ4v) is 5.52. The van der Waals surface area contributed by atoms with Gasteiger partial charge in [0.2, 0.25) is 5.91 Å². The molecule has 3 amide bonds. The molecule has 3 unspecified atom stereocenters. The number of halogens is 1. The number of rotatable bonds is 6. The van der Waals surface area contributed by atoms with Gasteiger partial charge in [0, 0.05) is 51.5 Å². The maximum absolute atomic E-state index is 12.7. The van der Waals surface area contributed by atoms with Crippen LogP contribution in [0.4, 0.5) is 10.6 Å². The van der Waals surface area contributed by atoms with E-state index in [-0.39, 0.29) is 30.2 Å². The van der Waals surface area contributed by atoms with Crippen molar-refractivity contribution in [1.29, 1.82) is 0 Å². The highest BCUT2D eigenvalue weighted by Crippen LogP contribution is 2.46. The minimum atomic E-state index is -0.973. The van der Waals surface area contributed by atoms with Crippen LogP contribution in [0.25, 0.3) is 5.69 Å². The van der Waals surface area contributed by atoms with Crippen LogP contribution in [0.2, 0.25) is 0 Å². The fraction of sp³-hybridized carbons (Fsp3) is 0.500. The number of carbonyl (C=O) groups excluding carboxylic acids is 2. The summed E-state index contributed by atoms with van der Waals surface area (Å²) in [4.78, 5) is 58.9. The van der Waals surface area contributed by atoms with E-state index in [1.54, 1.807) is 47.9 Å². The SMILES string of the molecule is CC(C)(N)C(=O)N1CCN(C(=O)Nc2ccn(-c3ccc(C(C(=O)O)N4CC5C(N)C5C4)cc3)c(=O)n2)CC1.Cl. The molecule has 0 radical (unpaired) electrons. The summed E-state index contributed by atoms with van der Waals surface area (Å²) in [7, 11) is 0. The number of amides is 3. The van der Waals surface area contributed by atoms with Crippen molar-refractivity contribution in [1.82, 2.24) is 24.3 Å². The quantitative estimate of drug-likeness (QED) is 0.371. The van der Waals surface area contributed by atoms with Gasteiger partial charge in [-0.2, -0.15) is 4.98 Å². The van der Waals surface area contributed by atoms with Gasteiger partial charge in [-0.25, -0.2) is 9.59 Å². The number of fused-ring (bicyclic) bond motifs is 1. The Morgan fingerprint density at radius 1 is 1.02 bits per heavy atom. The first kappa shape index (κ1) is 29.5. The standard InChI is InChI=1S/C26H34N8O5.ClH/c1-26(2,28)23(37)31-9-11-32(12-10-31)24(38)29-19-7-8-34(25(39)30-19)16-5-3-15(4-6-16)21(22(35)36)33-13-17-18(14-33)20(17)27;/h3-8,17-18,20-21H,9-14,27-28H2,1-2H3,(H,35,36)(H,29,30,38,39);1H. The third kappa shape index (κ3) is 5.82. The lowest BCUT2D eigenvalue weighted by molar-refractivity contribution is -0.143. The molecule has 40 heavy (non-hydrogen) atoms. The molecule has 0 bridgehead atoms. The first-order valence-electron chi connectivity index (χ1n) is 13.0. The van der Waals surface area contributed by atoms with E-state index < -0.39 is 29.3 Å². The second-order valence-electron chi connectivity index (χ2n) is 11.1. The number of carboxylic acids is 1. The molecule has 5 rings (SSSR count). The number of anilines is 1. The summed E-state index contributed by atoms with van der Waals surface area (Å²) in [6.45, 7) is 6.04. The zero-order valence-electron chi connectivity index (χ0n) is 22.4. The average Bonchev–Trinajstić information content (AvgIpc) is 3.27. The van der Waals surface area contributed by atoms with Gasteiger partial charge in [0.1, 0.15) is 11.9 Å². The van der Waals surface area contributed by atoms with Crippen LogP contribution in [0.3, 0.4) is 0 Å². The van der Waals surface area contributed by atoms with Crippen LogP contribution in [0.15, 0.2) is 41.3 Å². The highest BCUT2D eigenvalue weighted by molar-refractivity contribution is 5.89. The van der Waals surface area contributed by atoms with Gasteiger partial charge < -0.3 is 26.4 Å². The molecule has 3 atom stereocenters. The number of carbonyl (C=O) groups is 3. The number of likely N-dealkylation sites (tertiary alicyclic amines) is 1. The van der Waals surface area contributed by atoms with Gasteiger partial charge in [-0.15, -0.1) is 12.4 Å². The molecule has 3 aliphatic rings. The minimum absolute atomic E-state index is 0. The van der Waals surface area contributed by atoms with Gasteiger partial charge in [-0.3, -0.25) is 24.4 Å². The molecule has 1 aliphatic carbocycles.